The van der Waals surface area contributed by atoms with Crippen molar-refractivity contribution in [2.45, 2.75) is 58.2 Å². The highest BCUT2D eigenvalue weighted by atomic mass is 79.9. The highest BCUT2D eigenvalue weighted by Gasteiger charge is 2.31. The second-order valence-electron chi connectivity index (χ2n) is 9.95. The summed E-state index contributed by atoms with van der Waals surface area (Å²) in [7, 11) is -3.54. The minimum Gasteiger partial charge on any atom is -0.352 e. The van der Waals surface area contributed by atoms with Gasteiger partial charge in [-0.05, 0) is 55.2 Å². The number of amides is 2. The topological polar surface area (TPSA) is 86.8 Å². The summed E-state index contributed by atoms with van der Waals surface area (Å²) < 4.78 is 27.2. The number of halogens is 1. The fraction of sp³-hybridized carbons (Fsp3) is 0.355. The predicted molar refractivity (Wildman–Crippen MR) is 164 cm³/mol. The highest BCUT2D eigenvalue weighted by molar-refractivity contribution is 9.10. The fourth-order valence-electron chi connectivity index (χ4n) is 4.43. The van der Waals surface area contributed by atoms with E-state index in [1.54, 1.807) is 29.2 Å². The van der Waals surface area contributed by atoms with E-state index in [1.165, 1.54) is 4.31 Å². The van der Waals surface area contributed by atoms with E-state index < -0.39 is 16.1 Å². The van der Waals surface area contributed by atoms with Gasteiger partial charge in [0.25, 0.3) is 0 Å². The number of sulfonamides is 1. The fourth-order valence-corrected chi connectivity index (χ4v) is 5.84. The normalized spacial score (nSPS) is 12.8. The molecule has 0 heterocycles. The van der Waals surface area contributed by atoms with Crippen LogP contribution in [0.3, 0.4) is 0 Å². The molecule has 0 fully saturated rings. The maximum absolute atomic E-state index is 13.9. The molecule has 7 nitrogen and oxygen atoms in total. The lowest BCUT2D eigenvalue weighted by molar-refractivity contribution is -0.141. The molecule has 3 aromatic carbocycles. The van der Waals surface area contributed by atoms with E-state index in [0.717, 1.165) is 28.3 Å². The predicted octanol–water partition coefficient (Wildman–Crippen LogP) is 5.55. The Kier molecular flexibility index (Phi) is 11.8. The standard InChI is InChI=1S/C31H38BrN3O4S/c1-4-24(2)33-31(37)29(22-25-13-7-5-8-14-25)34(23-26-15-11-16-27(32)21-26)30(36)19-12-20-35(40(3,38)39)28-17-9-6-10-18-28/h5-11,13-18,21,24,29H,4,12,19-20,22-23H2,1-3H3,(H,33,37)/t24-,29+/m0/s1. The zero-order valence-corrected chi connectivity index (χ0v) is 25.7. The lowest BCUT2D eigenvalue weighted by atomic mass is 10.0. The number of benzene rings is 3. The summed E-state index contributed by atoms with van der Waals surface area (Å²) in [5.41, 5.74) is 2.39. The number of anilines is 1. The van der Waals surface area contributed by atoms with Crippen LogP contribution in [0.2, 0.25) is 0 Å². The number of nitrogens with one attached hydrogen (secondary N) is 1. The summed E-state index contributed by atoms with van der Waals surface area (Å²) in [6, 6.07) is 25.4. The van der Waals surface area contributed by atoms with Crippen LogP contribution in [0.4, 0.5) is 5.69 Å². The summed E-state index contributed by atoms with van der Waals surface area (Å²) in [4.78, 5) is 29.1. The summed E-state index contributed by atoms with van der Waals surface area (Å²) in [6.07, 6.45) is 2.69. The molecule has 0 radical (unpaired) electrons. The molecule has 0 aliphatic rings. The molecule has 2 atom stereocenters. The van der Waals surface area contributed by atoms with Crippen molar-refractivity contribution in [1.29, 1.82) is 0 Å². The van der Waals surface area contributed by atoms with Gasteiger partial charge in [-0.2, -0.15) is 0 Å². The van der Waals surface area contributed by atoms with Gasteiger partial charge in [-0.15, -0.1) is 0 Å². The Morgan fingerprint density at radius 3 is 2.15 bits per heavy atom. The molecule has 40 heavy (non-hydrogen) atoms. The van der Waals surface area contributed by atoms with Crippen LogP contribution >= 0.6 is 15.9 Å². The molecule has 3 aromatic rings. The van der Waals surface area contributed by atoms with Gasteiger partial charge in [-0.3, -0.25) is 13.9 Å². The maximum atomic E-state index is 13.9. The summed E-state index contributed by atoms with van der Waals surface area (Å²) in [5.74, 6) is -0.412. The van der Waals surface area contributed by atoms with Gasteiger partial charge >= 0.3 is 0 Å². The van der Waals surface area contributed by atoms with Gasteiger partial charge in [0.15, 0.2) is 0 Å². The summed E-state index contributed by atoms with van der Waals surface area (Å²) in [5, 5.41) is 3.07. The number of rotatable bonds is 14. The van der Waals surface area contributed by atoms with Crippen LogP contribution < -0.4 is 9.62 Å². The van der Waals surface area contributed by atoms with Gasteiger partial charge in [-0.1, -0.05) is 83.5 Å². The number of hydrogen-bond acceptors (Lipinski definition) is 4. The Hall–Kier alpha value is -3.17. The van der Waals surface area contributed by atoms with Crippen LogP contribution in [0.25, 0.3) is 0 Å². The lowest BCUT2D eigenvalue weighted by Crippen LogP contribution is -2.52. The van der Waals surface area contributed by atoms with Gasteiger partial charge in [-0.25, -0.2) is 8.42 Å². The van der Waals surface area contributed by atoms with Crippen LogP contribution in [0, 0.1) is 0 Å². The van der Waals surface area contributed by atoms with E-state index in [1.807, 2.05) is 74.5 Å². The van der Waals surface area contributed by atoms with Crippen LogP contribution in [-0.4, -0.2) is 50.0 Å². The van der Waals surface area contributed by atoms with E-state index in [-0.39, 0.29) is 37.4 Å². The molecule has 3 rings (SSSR count). The first-order valence-electron chi connectivity index (χ1n) is 13.5. The molecule has 0 spiro atoms. The number of para-hydroxylation sites is 1. The molecular formula is C31H38BrN3O4S. The zero-order valence-electron chi connectivity index (χ0n) is 23.3. The molecule has 214 valence electrons. The summed E-state index contributed by atoms with van der Waals surface area (Å²) >= 11 is 3.50. The Morgan fingerprint density at radius 2 is 1.55 bits per heavy atom. The molecule has 0 unspecified atom stereocenters. The van der Waals surface area contributed by atoms with Gasteiger partial charge in [0, 0.05) is 36.4 Å². The summed E-state index contributed by atoms with van der Waals surface area (Å²) in [6.45, 7) is 4.35. The van der Waals surface area contributed by atoms with E-state index >= 15 is 0 Å². The Balaban J connectivity index is 1.88. The number of carbonyl (C=O) groups excluding carboxylic acids is 2. The lowest BCUT2D eigenvalue weighted by Gasteiger charge is -2.32. The second-order valence-corrected chi connectivity index (χ2v) is 12.8. The zero-order chi connectivity index (χ0) is 29.1. The molecule has 0 bridgehead atoms. The van der Waals surface area contributed by atoms with Gasteiger partial charge in [0.05, 0.1) is 11.9 Å². The van der Waals surface area contributed by atoms with Crippen molar-refractivity contribution in [3.8, 4) is 0 Å². The number of carbonyl (C=O) groups is 2. The van der Waals surface area contributed by atoms with Gasteiger partial charge in [0.1, 0.15) is 6.04 Å². The van der Waals surface area contributed by atoms with E-state index in [2.05, 4.69) is 21.2 Å². The van der Waals surface area contributed by atoms with E-state index in [0.29, 0.717) is 18.5 Å². The third kappa shape index (κ3) is 9.48. The number of hydrogen-bond donors (Lipinski definition) is 1. The molecule has 0 aliphatic heterocycles. The molecule has 0 aromatic heterocycles. The van der Waals surface area contributed by atoms with Crippen molar-refractivity contribution in [1.82, 2.24) is 10.2 Å². The van der Waals surface area contributed by atoms with Crippen molar-refractivity contribution in [3.63, 3.8) is 0 Å². The third-order valence-electron chi connectivity index (χ3n) is 6.71. The van der Waals surface area contributed by atoms with E-state index in [9.17, 15) is 18.0 Å². The average molecular weight is 629 g/mol. The first-order valence-corrected chi connectivity index (χ1v) is 16.1. The molecule has 0 saturated heterocycles. The van der Waals surface area contributed by atoms with Gasteiger partial charge in [0.2, 0.25) is 21.8 Å². The third-order valence-corrected chi connectivity index (χ3v) is 8.40. The van der Waals surface area contributed by atoms with E-state index in [4.69, 9.17) is 0 Å². The van der Waals surface area contributed by atoms with Crippen LogP contribution in [0.5, 0.6) is 0 Å². The van der Waals surface area contributed by atoms with Gasteiger partial charge < -0.3 is 10.2 Å². The molecular weight excluding hydrogens is 590 g/mol. The molecule has 9 heteroatoms. The molecule has 0 saturated carbocycles. The first kappa shape index (κ1) is 31.4. The second kappa shape index (κ2) is 15.0. The highest BCUT2D eigenvalue weighted by Crippen LogP contribution is 2.21. The van der Waals surface area contributed by atoms with Crippen molar-refractivity contribution in [3.05, 3.63) is 101 Å². The largest absolute Gasteiger partial charge is 0.352 e. The quantitative estimate of drug-likeness (QED) is 0.254. The smallest absolute Gasteiger partial charge is 0.243 e. The molecule has 0 aliphatic carbocycles. The minimum absolute atomic E-state index is 0.0391. The monoisotopic (exact) mass is 627 g/mol. The minimum atomic E-state index is -3.54. The Bertz CT molecular complexity index is 1350. The maximum Gasteiger partial charge on any atom is 0.243 e. The average Bonchev–Trinajstić information content (AvgIpc) is 2.93. The molecule has 2 amide bonds. The SMILES string of the molecule is CC[C@H](C)NC(=O)[C@@H](Cc1ccccc1)N(Cc1cccc(Br)c1)C(=O)CCCN(c1ccccc1)S(C)(=O)=O. The number of nitrogens with zero attached hydrogens (tertiary/aromatic N) is 2. The Labute approximate surface area is 246 Å². The van der Waals surface area contributed by atoms with Crippen molar-refractivity contribution < 1.29 is 18.0 Å². The first-order chi connectivity index (χ1) is 19.1. The van der Waals surface area contributed by atoms with Crippen LogP contribution in [0.15, 0.2) is 89.4 Å². The van der Waals surface area contributed by atoms with Crippen molar-refractivity contribution in [2.24, 2.45) is 0 Å². The van der Waals surface area contributed by atoms with Crippen LogP contribution in [0.1, 0.15) is 44.2 Å². The van der Waals surface area contributed by atoms with Crippen molar-refractivity contribution in [2.75, 3.05) is 17.1 Å². The Morgan fingerprint density at radius 1 is 0.925 bits per heavy atom. The molecule has 1 N–H and O–H groups in total. The van der Waals surface area contributed by atoms with Crippen LogP contribution in [-0.2, 0) is 32.6 Å². The van der Waals surface area contributed by atoms with Crippen molar-refractivity contribution >= 4 is 43.5 Å².